The monoisotopic (exact) mass is 165 g/mol. The van der Waals surface area contributed by atoms with Crippen LogP contribution in [0.25, 0.3) is 0 Å². The van der Waals surface area contributed by atoms with Crippen LogP contribution in [0.2, 0.25) is 0 Å². The molecule has 64 valence electrons. The average molecular weight is 165 g/mol. The van der Waals surface area contributed by atoms with E-state index in [1.165, 1.54) is 18.4 Å². The molecule has 2 rings (SSSR count). The van der Waals surface area contributed by atoms with Gasteiger partial charge in [-0.2, -0.15) is 0 Å². The van der Waals surface area contributed by atoms with E-state index in [4.69, 9.17) is 0 Å². The minimum absolute atomic E-state index is 0.165. The van der Waals surface area contributed by atoms with Crippen molar-refractivity contribution in [1.82, 2.24) is 0 Å². The molecule has 1 aromatic rings. The third kappa shape index (κ3) is 1.29. The Bertz CT molecular complexity index is 292. The Labute approximate surface area is 71.6 Å². The van der Waals surface area contributed by atoms with Gasteiger partial charge in [-0.1, -0.05) is 6.07 Å². The van der Waals surface area contributed by atoms with Crippen molar-refractivity contribution in [2.24, 2.45) is 0 Å². The molecule has 0 atom stereocenters. The molecule has 0 unspecified atom stereocenters. The van der Waals surface area contributed by atoms with Crippen molar-refractivity contribution in [3.8, 4) is 0 Å². The fourth-order valence-corrected chi connectivity index (χ4v) is 1.41. The summed E-state index contributed by atoms with van der Waals surface area (Å²) in [5.74, 6) is 0.527. The summed E-state index contributed by atoms with van der Waals surface area (Å²) in [4.78, 5) is 0. The maximum absolute atomic E-state index is 13.0. The van der Waals surface area contributed by atoms with E-state index in [2.05, 4.69) is 5.32 Å². The van der Waals surface area contributed by atoms with Crippen molar-refractivity contribution in [2.45, 2.75) is 18.8 Å². The number of hydrogen-bond donors (Lipinski definition) is 1. The van der Waals surface area contributed by atoms with Gasteiger partial charge in [-0.25, -0.2) is 4.39 Å². The first-order valence-electron chi connectivity index (χ1n) is 4.28. The van der Waals surface area contributed by atoms with Crippen molar-refractivity contribution in [2.75, 3.05) is 12.4 Å². The molecule has 0 aromatic heterocycles. The molecule has 0 heterocycles. The molecule has 2 heteroatoms. The number of halogens is 1. The van der Waals surface area contributed by atoms with E-state index < -0.39 is 0 Å². The highest BCUT2D eigenvalue weighted by atomic mass is 19.1. The maximum atomic E-state index is 13.0. The number of rotatable bonds is 2. The lowest BCUT2D eigenvalue weighted by molar-refractivity contribution is 0.630. The first-order valence-corrected chi connectivity index (χ1v) is 4.28. The number of hydrogen-bond acceptors (Lipinski definition) is 1. The second kappa shape index (κ2) is 2.77. The summed E-state index contributed by atoms with van der Waals surface area (Å²) in [7, 11) is 1.75. The largest absolute Gasteiger partial charge is 0.386 e. The van der Waals surface area contributed by atoms with Gasteiger partial charge in [0.2, 0.25) is 0 Å². The topological polar surface area (TPSA) is 12.0 Å². The number of benzene rings is 1. The summed E-state index contributed by atoms with van der Waals surface area (Å²) < 4.78 is 13.0. The van der Waals surface area contributed by atoms with Gasteiger partial charge in [0.05, 0.1) is 5.69 Å². The molecular formula is C10H12FN. The van der Waals surface area contributed by atoms with Crippen LogP contribution in [0, 0.1) is 5.82 Å². The van der Waals surface area contributed by atoms with Crippen molar-refractivity contribution in [1.29, 1.82) is 0 Å². The molecule has 1 N–H and O–H groups in total. The van der Waals surface area contributed by atoms with Crippen LogP contribution in [-0.4, -0.2) is 7.05 Å². The van der Waals surface area contributed by atoms with E-state index in [0.717, 1.165) is 0 Å². The summed E-state index contributed by atoms with van der Waals surface area (Å²) in [5, 5.41) is 2.84. The molecule has 12 heavy (non-hydrogen) atoms. The molecule has 0 radical (unpaired) electrons. The zero-order valence-electron chi connectivity index (χ0n) is 7.10. The third-order valence-electron chi connectivity index (χ3n) is 2.31. The van der Waals surface area contributed by atoms with Crippen molar-refractivity contribution >= 4 is 5.69 Å². The number of anilines is 1. The highest BCUT2D eigenvalue weighted by Crippen LogP contribution is 2.40. The van der Waals surface area contributed by atoms with Gasteiger partial charge in [-0.05, 0) is 36.5 Å². The van der Waals surface area contributed by atoms with Crippen LogP contribution in [-0.2, 0) is 0 Å². The van der Waals surface area contributed by atoms with Crippen LogP contribution < -0.4 is 5.32 Å². The van der Waals surface area contributed by atoms with Crippen molar-refractivity contribution < 1.29 is 4.39 Å². The molecule has 1 aromatic carbocycles. The lowest BCUT2D eigenvalue weighted by Crippen LogP contribution is -1.93. The molecule has 0 bridgehead atoms. The Balaban J connectivity index is 2.33. The Hall–Kier alpha value is -1.05. The second-order valence-corrected chi connectivity index (χ2v) is 3.26. The SMILES string of the molecule is CNc1cc(C2CC2)ccc1F. The van der Waals surface area contributed by atoms with E-state index in [9.17, 15) is 4.39 Å². The van der Waals surface area contributed by atoms with Crippen LogP contribution in [0.4, 0.5) is 10.1 Å². The third-order valence-corrected chi connectivity index (χ3v) is 2.31. The molecule has 0 spiro atoms. The van der Waals surface area contributed by atoms with E-state index in [1.54, 1.807) is 13.1 Å². The molecule has 1 aliphatic rings. The first kappa shape index (κ1) is 7.59. The van der Waals surface area contributed by atoms with E-state index in [0.29, 0.717) is 11.6 Å². The Morgan fingerprint density at radius 2 is 2.17 bits per heavy atom. The second-order valence-electron chi connectivity index (χ2n) is 3.26. The van der Waals surface area contributed by atoms with Gasteiger partial charge in [0.25, 0.3) is 0 Å². The Morgan fingerprint density at radius 3 is 2.75 bits per heavy atom. The first-order chi connectivity index (χ1) is 5.81. The van der Waals surface area contributed by atoms with Crippen LogP contribution in [0.15, 0.2) is 18.2 Å². The molecular weight excluding hydrogens is 153 g/mol. The maximum Gasteiger partial charge on any atom is 0.146 e. The summed E-state index contributed by atoms with van der Waals surface area (Å²) in [5.41, 5.74) is 1.88. The normalized spacial score (nSPS) is 16.2. The minimum Gasteiger partial charge on any atom is -0.386 e. The summed E-state index contributed by atoms with van der Waals surface area (Å²) >= 11 is 0. The predicted octanol–water partition coefficient (Wildman–Crippen LogP) is 2.74. The lowest BCUT2D eigenvalue weighted by Gasteiger charge is -2.04. The van der Waals surface area contributed by atoms with Gasteiger partial charge in [0, 0.05) is 7.05 Å². The summed E-state index contributed by atoms with van der Waals surface area (Å²) in [6, 6.07) is 5.33. The van der Waals surface area contributed by atoms with Crippen LogP contribution in [0.3, 0.4) is 0 Å². The van der Waals surface area contributed by atoms with Gasteiger partial charge in [-0.3, -0.25) is 0 Å². The van der Waals surface area contributed by atoms with Gasteiger partial charge in [0.1, 0.15) is 5.82 Å². The van der Waals surface area contributed by atoms with Gasteiger partial charge in [0.15, 0.2) is 0 Å². The fourth-order valence-electron chi connectivity index (χ4n) is 1.41. The van der Waals surface area contributed by atoms with Crippen LogP contribution in [0.1, 0.15) is 24.3 Å². The van der Waals surface area contributed by atoms with Gasteiger partial charge in [-0.15, -0.1) is 0 Å². The standard InChI is InChI=1S/C10H12FN/c1-12-10-6-8(7-2-3-7)4-5-9(10)11/h4-7,12H,2-3H2,1H3. The Morgan fingerprint density at radius 1 is 1.42 bits per heavy atom. The van der Waals surface area contributed by atoms with Crippen molar-refractivity contribution in [3.05, 3.63) is 29.6 Å². The molecule has 0 amide bonds. The highest BCUT2D eigenvalue weighted by Gasteiger charge is 2.23. The zero-order chi connectivity index (χ0) is 8.55. The summed E-state index contributed by atoms with van der Waals surface area (Å²) in [6.07, 6.45) is 2.52. The molecule has 0 aliphatic heterocycles. The van der Waals surface area contributed by atoms with E-state index >= 15 is 0 Å². The van der Waals surface area contributed by atoms with E-state index in [-0.39, 0.29) is 5.82 Å². The van der Waals surface area contributed by atoms with Crippen molar-refractivity contribution in [3.63, 3.8) is 0 Å². The minimum atomic E-state index is -0.165. The van der Waals surface area contributed by atoms with Gasteiger partial charge >= 0.3 is 0 Å². The zero-order valence-corrected chi connectivity index (χ0v) is 7.10. The molecule has 0 saturated heterocycles. The smallest absolute Gasteiger partial charge is 0.146 e. The quantitative estimate of drug-likeness (QED) is 0.710. The van der Waals surface area contributed by atoms with Crippen LogP contribution in [0.5, 0.6) is 0 Å². The molecule has 1 fully saturated rings. The Kier molecular flexibility index (Phi) is 1.75. The summed E-state index contributed by atoms with van der Waals surface area (Å²) in [6.45, 7) is 0. The molecule has 1 saturated carbocycles. The fraction of sp³-hybridized carbons (Fsp3) is 0.400. The molecule has 1 nitrogen and oxygen atoms in total. The van der Waals surface area contributed by atoms with Gasteiger partial charge < -0.3 is 5.32 Å². The predicted molar refractivity (Wildman–Crippen MR) is 47.9 cm³/mol. The highest BCUT2D eigenvalue weighted by molar-refractivity contribution is 5.48. The average Bonchev–Trinajstić information content (AvgIpc) is 2.88. The lowest BCUT2D eigenvalue weighted by atomic mass is 10.1. The number of nitrogens with one attached hydrogen (secondary N) is 1. The van der Waals surface area contributed by atoms with E-state index in [1.807, 2.05) is 12.1 Å². The van der Waals surface area contributed by atoms with Crippen LogP contribution >= 0.6 is 0 Å². The molecule has 1 aliphatic carbocycles.